The predicted octanol–water partition coefficient (Wildman–Crippen LogP) is 6.21. The summed E-state index contributed by atoms with van der Waals surface area (Å²) in [5.41, 5.74) is 1.73. The van der Waals surface area contributed by atoms with E-state index in [9.17, 15) is 29.1 Å². The smallest absolute Gasteiger partial charge is 0.326 e. The summed E-state index contributed by atoms with van der Waals surface area (Å²) < 4.78 is 23.8. The number of unbranched alkanes of at least 4 members (excludes halogenated alkanes) is 2. The van der Waals surface area contributed by atoms with E-state index in [0.717, 1.165) is 54.8 Å². The topological polar surface area (TPSA) is 163 Å². The van der Waals surface area contributed by atoms with Crippen LogP contribution in [0.5, 0.6) is 11.5 Å². The van der Waals surface area contributed by atoms with Gasteiger partial charge >= 0.3 is 5.97 Å². The summed E-state index contributed by atoms with van der Waals surface area (Å²) in [7, 11) is 0. The molecule has 0 spiro atoms. The van der Waals surface area contributed by atoms with Gasteiger partial charge in [-0.2, -0.15) is 0 Å². The Morgan fingerprint density at radius 2 is 1.68 bits per heavy atom. The number of ether oxygens (including phenoxy) is 1. The number of aromatic hydroxyl groups is 1. The molecular weight excluding hydrogens is 677 g/mol. The highest BCUT2D eigenvalue weighted by molar-refractivity contribution is 7.98. The second-order valence-corrected chi connectivity index (χ2v) is 14.5. The predicted molar refractivity (Wildman–Crippen MR) is 197 cm³/mol. The molecule has 50 heavy (non-hydrogen) atoms. The van der Waals surface area contributed by atoms with Crippen LogP contribution in [0.1, 0.15) is 77.3 Å². The van der Waals surface area contributed by atoms with Gasteiger partial charge in [-0.25, -0.2) is 4.79 Å². The number of nitrogens with one attached hydrogen (secondary N) is 3. The molecule has 3 aromatic rings. The van der Waals surface area contributed by atoms with Crippen LogP contribution >= 0.6 is 11.8 Å². The van der Waals surface area contributed by atoms with E-state index in [1.165, 1.54) is 36.0 Å². The van der Waals surface area contributed by atoms with E-state index in [1.54, 1.807) is 13.0 Å². The van der Waals surface area contributed by atoms with Crippen molar-refractivity contribution in [3.05, 3.63) is 72.3 Å². The number of carbonyl (C=O) groups excluding carboxylic acids is 2. The van der Waals surface area contributed by atoms with Crippen LogP contribution in [-0.2, 0) is 25.7 Å². The second-order valence-electron chi connectivity index (χ2n) is 12.4. The summed E-state index contributed by atoms with van der Waals surface area (Å²) in [5, 5.41) is 24.4. The number of carboxylic acid groups (broad SMARTS) is 1. The van der Waals surface area contributed by atoms with Crippen molar-refractivity contribution in [1.82, 2.24) is 15.4 Å². The van der Waals surface area contributed by atoms with Gasteiger partial charge in [-0.3, -0.25) is 9.59 Å². The Morgan fingerprint density at radius 3 is 2.26 bits per heavy atom. The number of nitrogens with zero attached hydrogens (tertiary/aromatic N) is 1. The lowest BCUT2D eigenvalue weighted by Gasteiger charge is -2.36. The molecule has 0 saturated heterocycles. The van der Waals surface area contributed by atoms with Crippen LogP contribution in [0.15, 0.2) is 76.5 Å². The summed E-state index contributed by atoms with van der Waals surface area (Å²) in [4.78, 5) is 41.7. The zero-order chi connectivity index (χ0) is 36.3. The number of anilines is 2. The molecule has 0 aliphatic carbocycles. The van der Waals surface area contributed by atoms with Crippen molar-refractivity contribution in [3.63, 3.8) is 0 Å². The number of thioether (sulfide) groups is 1. The monoisotopic (exact) mass is 724 g/mol. The van der Waals surface area contributed by atoms with E-state index in [-0.39, 0.29) is 12.2 Å². The summed E-state index contributed by atoms with van der Waals surface area (Å²) in [6.07, 6.45) is 7.80. The number of carboxylic acids is 1. The zero-order valence-corrected chi connectivity index (χ0v) is 30.7. The molecule has 2 amide bonds. The van der Waals surface area contributed by atoms with Crippen molar-refractivity contribution >= 4 is 52.3 Å². The third-order valence-corrected chi connectivity index (χ3v) is 10.9. The maximum Gasteiger partial charge on any atom is 0.326 e. The van der Waals surface area contributed by atoms with Crippen molar-refractivity contribution < 1.29 is 33.9 Å². The molecule has 13 heteroatoms. The van der Waals surface area contributed by atoms with Crippen LogP contribution in [0.4, 0.5) is 11.4 Å². The highest BCUT2D eigenvalue weighted by Crippen LogP contribution is 2.44. The van der Waals surface area contributed by atoms with Gasteiger partial charge in [-0.05, 0) is 61.4 Å². The van der Waals surface area contributed by atoms with E-state index >= 15 is 0 Å². The Morgan fingerprint density at radius 1 is 1.02 bits per heavy atom. The summed E-state index contributed by atoms with van der Waals surface area (Å²) in [6, 6.07) is 17.0. The molecule has 0 fully saturated rings. The second kappa shape index (κ2) is 18.4. The van der Waals surface area contributed by atoms with Gasteiger partial charge in [0.2, 0.25) is 10.8 Å². The number of hydrogen-bond donors (Lipinski definition) is 5. The highest BCUT2D eigenvalue weighted by atomic mass is 32.2. The lowest BCUT2D eigenvalue weighted by molar-refractivity contribution is -0.142. The molecule has 0 radical (unpaired) electrons. The SMILES string of the molecule is CCCCC1(CCCC)CN(c2ccccc2)c2cc(SC)c(OCC(=O)NC(C(=O)NC(CC)C(=O)O)c3ccc(O)cc3)cc2[S+]([O-])N1. The van der Waals surface area contributed by atoms with Crippen molar-refractivity contribution in [2.45, 2.75) is 93.1 Å². The number of aliphatic carboxylic acids is 1. The molecule has 0 bridgehead atoms. The van der Waals surface area contributed by atoms with Crippen molar-refractivity contribution in [2.75, 3.05) is 24.3 Å². The van der Waals surface area contributed by atoms with E-state index in [0.29, 0.717) is 22.8 Å². The van der Waals surface area contributed by atoms with Crippen LogP contribution in [-0.4, -0.2) is 63.5 Å². The minimum absolute atomic E-state index is 0.0296. The third kappa shape index (κ3) is 9.87. The fourth-order valence-electron chi connectivity index (χ4n) is 5.99. The van der Waals surface area contributed by atoms with Gasteiger partial charge in [0, 0.05) is 18.3 Å². The maximum atomic E-state index is 14.2. The first kappa shape index (κ1) is 38.9. The van der Waals surface area contributed by atoms with Gasteiger partial charge in [-0.1, -0.05) is 76.8 Å². The number of para-hydroxylation sites is 1. The number of carbonyl (C=O) groups is 3. The lowest BCUT2D eigenvalue weighted by Crippen LogP contribution is -2.53. The average Bonchev–Trinajstić information content (AvgIpc) is 3.24. The molecule has 1 aliphatic rings. The highest BCUT2D eigenvalue weighted by Gasteiger charge is 2.42. The van der Waals surface area contributed by atoms with E-state index < -0.39 is 53.4 Å². The quantitative estimate of drug-likeness (QED) is 0.0799. The molecule has 11 nitrogen and oxygen atoms in total. The number of fused-ring (bicyclic) bond motifs is 1. The Kier molecular flexibility index (Phi) is 14.3. The van der Waals surface area contributed by atoms with E-state index in [2.05, 4.69) is 46.2 Å². The standard InChI is InChI=1S/C37H48N4O7S2/c1-5-8-19-37(20-9-6-2)24-41(26-13-11-10-12-14-26)29-21-31(49-4)30(22-32(29)50(47)40-37)48-23-33(43)39-34(25-15-17-27(42)18-16-25)35(44)38-28(7-3)36(45)46/h10-18,21-22,28,34,40,42H,5-9,19-20,23-24H2,1-4H3,(H,38,44)(H,39,43)(H,45,46). The number of hydrogen-bond acceptors (Lipinski definition) is 9. The van der Waals surface area contributed by atoms with Crippen LogP contribution in [0.3, 0.4) is 0 Å². The molecule has 3 atom stereocenters. The first-order valence-corrected chi connectivity index (χ1v) is 19.4. The van der Waals surface area contributed by atoms with Gasteiger partial charge in [-0.15, -0.1) is 16.5 Å². The van der Waals surface area contributed by atoms with Gasteiger partial charge < -0.3 is 35.0 Å². The van der Waals surface area contributed by atoms with E-state index in [1.807, 2.05) is 30.5 Å². The Balaban J connectivity index is 1.64. The van der Waals surface area contributed by atoms with Gasteiger partial charge in [0.05, 0.1) is 21.8 Å². The molecule has 4 rings (SSSR count). The van der Waals surface area contributed by atoms with Gasteiger partial charge in [0.1, 0.15) is 29.3 Å². The molecule has 270 valence electrons. The number of phenols is 1. The van der Waals surface area contributed by atoms with Crippen LogP contribution in [0, 0.1) is 0 Å². The number of amides is 2. The molecule has 0 aromatic heterocycles. The van der Waals surface area contributed by atoms with Crippen LogP contribution in [0.25, 0.3) is 0 Å². The van der Waals surface area contributed by atoms with E-state index in [4.69, 9.17) is 4.74 Å². The molecule has 5 N–H and O–H groups in total. The minimum Gasteiger partial charge on any atom is -0.593 e. The fraction of sp³-hybridized carbons (Fsp3) is 0.432. The van der Waals surface area contributed by atoms with Gasteiger partial charge in [0.15, 0.2) is 6.61 Å². The Hall–Kier alpha value is -3.91. The first-order valence-electron chi connectivity index (χ1n) is 17.0. The number of rotatable bonds is 17. The molecular formula is C37H48N4O7S2. The molecule has 3 aromatic carbocycles. The van der Waals surface area contributed by atoms with Crippen LogP contribution < -0.4 is 25.0 Å². The zero-order valence-electron chi connectivity index (χ0n) is 29.1. The average molecular weight is 725 g/mol. The molecule has 3 unspecified atom stereocenters. The normalized spacial score (nSPS) is 16.4. The Labute approximate surface area is 301 Å². The summed E-state index contributed by atoms with van der Waals surface area (Å²) in [6.45, 7) is 6.11. The van der Waals surface area contributed by atoms with Crippen molar-refractivity contribution in [1.29, 1.82) is 0 Å². The largest absolute Gasteiger partial charge is 0.593 e. The van der Waals surface area contributed by atoms with Crippen molar-refractivity contribution in [2.24, 2.45) is 0 Å². The maximum absolute atomic E-state index is 14.2. The van der Waals surface area contributed by atoms with Gasteiger partial charge in [0.25, 0.3) is 5.91 Å². The fourth-order valence-corrected chi connectivity index (χ4v) is 7.89. The van der Waals surface area contributed by atoms with Crippen LogP contribution in [0.2, 0.25) is 0 Å². The minimum atomic E-state index is -1.59. The number of phenolic OH excluding ortho intramolecular Hbond substituents is 1. The molecule has 1 aliphatic heterocycles. The Bertz CT molecular complexity index is 1580. The first-order chi connectivity index (χ1) is 24.0. The number of benzene rings is 3. The summed E-state index contributed by atoms with van der Waals surface area (Å²) in [5.74, 6) is -2.21. The van der Waals surface area contributed by atoms with Crippen molar-refractivity contribution in [3.8, 4) is 11.5 Å². The molecule has 1 heterocycles. The molecule has 0 saturated carbocycles. The third-order valence-electron chi connectivity index (χ3n) is 8.77. The summed E-state index contributed by atoms with van der Waals surface area (Å²) >= 11 is -0.158. The lowest BCUT2D eigenvalue weighted by atomic mass is 9.87.